The van der Waals surface area contributed by atoms with E-state index < -0.39 is 0 Å². The summed E-state index contributed by atoms with van der Waals surface area (Å²) in [6.07, 6.45) is 2.97. The zero-order valence-corrected chi connectivity index (χ0v) is 11.8. The number of anilines is 1. The number of amides is 1. The van der Waals surface area contributed by atoms with E-state index in [1.54, 1.807) is 27.0 Å². The average Bonchev–Trinajstić information content (AvgIpc) is 2.43. The molecular weight excluding hydrogens is 258 g/mol. The second-order valence-corrected chi connectivity index (χ2v) is 4.25. The molecule has 1 N–H and O–H groups in total. The van der Waals surface area contributed by atoms with Gasteiger partial charge in [-0.25, -0.2) is 4.98 Å². The van der Waals surface area contributed by atoms with Crippen LogP contribution in [0.5, 0.6) is 6.01 Å². The van der Waals surface area contributed by atoms with Crippen molar-refractivity contribution in [2.45, 2.75) is 20.8 Å². The van der Waals surface area contributed by atoms with E-state index in [4.69, 9.17) is 4.74 Å². The number of hydrogen-bond donors (Lipinski definition) is 1. The van der Waals surface area contributed by atoms with Crippen molar-refractivity contribution >= 4 is 11.6 Å². The van der Waals surface area contributed by atoms with E-state index in [1.165, 1.54) is 13.3 Å². The summed E-state index contributed by atoms with van der Waals surface area (Å²) in [7, 11) is 1.49. The minimum Gasteiger partial charge on any atom is -0.467 e. The van der Waals surface area contributed by atoms with Crippen LogP contribution < -0.4 is 10.1 Å². The Labute approximate surface area is 116 Å². The van der Waals surface area contributed by atoms with Gasteiger partial charge in [0.05, 0.1) is 36.1 Å². The molecule has 0 aliphatic rings. The summed E-state index contributed by atoms with van der Waals surface area (Å²) >= 11 is 0. The molecule has 104 valence electrons. The van der Waals surface area contributed by atoms with Crippen molar-refractivity contribution < 1.29 is 9.53 Å². The lowest BCUT2D eigenvalue weighted by molar-refractivity contribution is 0.102. The molecule has 2 aromatic rings. The van der Waals surface area contributed by atoms with Gasteiger partial charge < -0.3 is 10.1 Å². The Balaban J connectivity index is 2.26. The SMILES string of the molecule is COc1nc(C)c(NC(=O)c2cnc(C)cn2)c(C)n1. The van der Waals surface area contributed by atoms with Gasteiger partial charge in [0.25, 0.3) is 5.91 Å². The number of rotatable bonds is 3. The van der Waals surface area contributed by atoms with Crippen molar-refractivity contribution in [3.8, 4) is 6.01 Å². The lowest BCUT2D eigenvalue weighted by Gasteiger charge is -2.11. The lowest BCUT2D eigenvalue weighted by Crippen LogP contribution is -2.17. The minimum absolute atomic E-state index is 0.241. The highest BCUT2D eigenvalue weighted by molar-refractivity contribution is 6.03. The van der Waals surface area contributed by atoms with Gasteiger partial charge in [0.1, 0.15) is 5.69 Å². The van der Waals surface area contributed by atoms with Crippen molar-refractivity contribution in [1.29, 1.82) is 0 Å². The standard InChI is InChI=1S/C13H15N5O2/c1-7-5-15-10(6-14-7)12(19)18-11-8(2)16-13(20-4)17-9(11)3/h5-6H,1-4H3,(H,18,19). The average molecular weight is 273 g/mol. The molecule has 2 heterocycles. The van der Waals surface area contributed by atoms with E-state index in [-0.39, 0.29) is 17.6 Å². The zero-order valence-electron chi connectivity index (χ0n) is 11.8. The summed E-state index contributed by atoms with van der Waals surface area (Å²) in [4.78, 5) is 28.4. The Bertz CT molecular complexity index is 617. The Morgan fingerprint density at radius 1 is 1.10 bits per heavy atom. The quantitative estimate of drug-likeness (QED) is 0.910. The van der Waals surface area contributed by atoms with Gasteiger partial charge in [-0.3, -0.25) is 9.78 Å². The highest BCUT2D eigenvalue weighted by Crippen LogP contribution is 2.19. The van der Waals surface area contributed by atoms with Crippen LogP contribution >= 0.6 is 0 Å². The number of carbonyl (C=O) groups is 1. The molecule has 2 aromatic heterocycles. The molecule has 0 aliphatic heterocycles. The topological polar surface area (TPSA) is 89.9 Å². The van der Waals surface area contributed by atoms with Crippen LogP contribution in [0.1, 0.15) is 27.6 Å². The molecule has 0 aliphatic carbocycles. The molecule has 0 unspecified atom stereocenters. The van der Waals surface area contributed by atoms with Crippen LogP contribution in [-0.2, 0) is 0 Å². The summed E-state index contributed by atoms with van der Waals surface area (Å²) in [5.41, 5.74) is 2.80. The predicted octanol–water partition coefficient (Wildman–Crippen LogP) is 1.45. The molecule has 0 saturated heterocycles. The highest BCUT2D eigenvalue weighted by atomic mass is 16.5. The van der Waals surface area contributed by atoms with E-state index in [0.29, 0.717) is 17.1 Å². The van der Waals surface area contributed by atoms with E-state index in [2.05, 4.69) is 25.3 Å². The molecule has 0 aromatic carbocycles. The van der Waals surface area contributed by atoms with Crippen LogP contribution in [0, 0.1) is 20.8 Å². The van der Waals surface area contributed by atoms with Crippen LogP contribution in [-0.4, -0.2) is 33.0 Å². The third-order valence-corrected chi connectivity index (χ3v) is 2.68. The van der Waals surface area contributed by atoms with E-state index in [1.807, 2.05) is 0 Å². The summed E-state index contributed by atoms with van der Waals surface area (Å²) < 4.78 is 4.98. The van der Waals surface area contributed by atoms with Crippen molar-refractivity contribution in [1.82, 2.24) is 19.9 Å². The van der Waals surface area contributed by atoms with Crippen LogP contribution in [0.25, 0.3) is 0 Å². The first-order valence-electron chi connectivity index (χ1n) is 6.00. The fraction of sp³-hybridized carbons (Fsp3) is 0.308. The summed E-state index contributed by atoms with van der Waals surface area (Å²) in [5.74, 6) is -0.350. The zero-order chi connectivity index (χ0) is 14.7. The molecule has 20 heavy (non-hydrogen) atoms. The Hall–Kier alpha value is -2.57. The van der Waals surface area contributed by atoms with E-state index in [0.717, 1.165) is 5.69 Å². The molecule has 0 bridgehead atoms. The van der Waals surface area contributed by atoms with Crippen LogP contribution in [0.3, 0.4) is 0 Å². The first-order chi connectivity index (χ1) is 9.51. The second-order valence-electron chi connectivity index (χ2n) is 4.25. The smallest absolute Gasteiger partial charge is 0.316 e. The maximum atomic E-state index is 12.1. The van der Waals surface area contributed by atoms with Crippen molar-refractivity contribution in [3.05, 3.63) is 35.2 Å². The molecular formula is C13H15N5O2. The molecule has 2 rings (SSSR count). The van der Waals surface area contributed by atoms with Gasteiger partial charge in [-0.2, -0.15) is 9.97 Å². The number of nitrogens with zero attached hydrogens (tertiary/aromatic N) is 4. The second kappa shape index (κ2) is 5.60. The monoisotopic (exact) mass is 273 g/mol. The van der Waals surface area contributed by atoms with Gasteiger partial charge in [0, 0.05) is 6.20 Å². The molecule has 0 fully saturated rings. The fourth-order valence-electron chi connectivity index (χ4n) is 1.65. The van der Waals surface area contributed by atoms with Crippen molar-refractivity contribution in [3.63, 3.8) is 0 Å². The molecule has 0 spiro atoms. The largest absolute Gasteiger partial charge is 0.467 e. The van der Waals surface area contributed by atoms with Gasteiger partial charge in [0.2, 0.25) is 0 Å². The lowest BCUT2D eigenvalue weighted by atomic mass is 10.2. The number of aromatic nitrogens is 4. The maximum absolute atomic E-state index is 12.1. The molecule has 7 nitrogen and oxygen atoms in total. The summed E-state index contributed by atoms with van der Waals surface area (Å²) in [5, 5.41) is 2.74. The maximum Gasteiger partial charge on any atom is 0.316 e. The number of hydrogen-bond acceptors (Lipinski definition) is 6. The molecule has 0 radical (unpaired) electrons. The highest BCUT2D eigenvalue weighted by Gasteiger charge is 2.14. The van der Waals surface area contributed by atoms with Gasteiger partial charge in [-0.05, 0) is 20.8 Å². The minimum atomic E-state index is -0.350. The van der Waals surface area contributed by atoms with E-state index >= 15 is 0 Å². The fourth-order valence-corrected chi connectivity index (χ4v) is 1.65. The van der Waals surface area contributed by atoms with Gasteiger partial charge in [-0.1, -0.05) is 0 Å². The van der Waals surface area contributed by atoms with Crippen molar-refractivity contribution in [2.75, 3.05) is 12.4 Å². The number of carbonyl (C=O) groups excluding carboxylic acids is 1. The van der Waals surface area contributed by atoms with Gasteiger partial charge in [0.15, 0.2) is 0 Å². The first kappa shape index (κ1) is 13.9. The molecule has 7 heteroatoms. The number of methoxy groups -OCH3 is 1. The molecule has 1 amide bonds. The van der Waals surface area contributed by atoms with E-state index in [9.17, 15) is 4.79 Å². The third-order valence-electron chi connectivity index (χ3n) is 2.68. The first-order valence-corrected chi connectivity index (χ1v) is 6.00. The number of ether oxygens (including phenoxy) is 1. The third kappa shape index (κ3) is 2.87. The molecule has 0 atom stereocenters. The van der Waals surface area contributed by atoms with Crippen LogP contribution in [0.15, 0.2) is 12.4 Å². The van der Waals surface area contributed by atoms with Gasteiger partial charge in [-0.15, -0.1) is 0 Å². The molecule has 0 saturated carbocycles. The normalized spacial score (nSPS) is 10.2. The Morgan fingerprint density at radius 2 is 1.75 bits per heavy atom. The van der Waals surface area contributed by atoms with Crippen LogP contribution in [0.4, 0.5) is 5.69 Å². The van der Waals surface area contributed by atoms with Crippen LogP contribution in [0.2, 0.25) is 0 Å². The summed E-state index contributed by atoms with van der Waals surface area (Å²) in [6.45, 7) is 5.35. The predicted molar refractivity (Wildman–Crippen MR) is 72.8 cm³/mol. The Morgan fingerprint density at radius 3 is 2.25 bits per heavy atom. The van der Waals surface area contributed by atoms with Crippen molar-refractivity contribution in [2.24, 2.45) is 0 Å². The van der Waals surface area contributed by atoms with Gasteiger partial charge >= 0.3 is 6.01 Å². The number of nitrogens with one attached hydrogen (secondary N) is 1. The Kier molecular flexibility index (Phi) is 3.88. The summed E-state index contributed by atoms with van der Waals surface area (Å²) in [6, 6.07) is 0.271. The number of aryl methyl sites for hydroxylation is 3.